The van der Waals surface area contributed by atoms with Crippen LogP contribution in [0.3, 0.4) is 0 Å². The Balaban J connectivity index is 1.95. The predicted octanol–water partition coefficient (Wildman–Crippen LogP) is 2.80. The molecule has 22 heavy (non-hydrogen) atoms. The number of hydrogen-bond acceptors (Lipinski definition) is 3. The van der Waals surface area contributed by atoms with Crippen LogP contribution in [-0.4, -0.2) is 41.6 Å². The summed E-state index contributed by atoms with van der Waals surface area (Å²) in [7, 11) is 0. The van der Waals surface area contributed by atoms with E-state index in [1.165, 1.54) is 0 Å². The molecule has 0 radical (unpaired) electrons. The first-order valence-electron chi connectivity index (χ1n) is 7.86. The summed E-state index contributed by atoms with van der Waals surface area (Å²) >= 11 is 0. The van der Waals surface area contributed by atoms with E-state index in [0.717, 1.165) is 12.8 Å². The van der Waals surface area contributed by atoms with Crippen LogP contribution in [0.2, 0.25) is 0 Å². The monoisotopic (exact) mass is 305 g/mol. The van der Waals surface area contributed by atoms with Crippen molar-refractivity contribution in [1.82, 2.24) is 4.90 Å². The lowest BCUT2D eigenvalue weighted by Gasteiger charge is -2.30. The van der Waals surface area contributed by atoms with Crippen molar-refractivity contribution >= 4 is 11.9 Å². The maximum Gasteiger partial charge on any atom is 0.306 e. The first-order chi connectivity index (χ1) is 10.6. The van der Waals surface area contributed by atoms with Crippen molar-refractivity contribution in [3.05, 3.63) is 29.8 Å². The summed E-state index contributed by atoms with van der Waals surface area (Å²) in [5, 5.41) is 9.00. The van der Waals surface area contributed by atoms with Gasteiger partial charge in [0, 0.05) is 18.7 Å². The molecule has 5 heteroatoms. The fourth-order valence-electron chi connectivity index (χ4n) is 2.57. The molecule has 0 bridgehead atoms. The summed E-state index contributed by atoms with van der Waals surface area (Å²) in [5.41, 5.74) is 0.600. The molecule has 120 valence electrons. The minimum absolute atomic E-state index is 0.0511. The van der Waals surface area contributed by atoms with Gasteiger partial charge in [-0.05, 0) is 37.5 Å². The number of aliphatic carboxylic acids is 1. The largest absolute Gasteiger partial charge is 0.494 e. The van der Waals surface area contributed by atoms with E-state index in [1.807, 2.05) is 12.1 Å². The van der Waals surface area contributed by atoms with E-state index in [2.05, 4.69) is 6.92 Å². The van der Waals surface area contributed by atoms with Gasteiger partial charge < -0.3 is 14.7 Å². The number of piperidine rings is 1. The molecule has 1 aromatic carbocycles. The second kappa shape index (κ2) is 7.82. The van der Waals surface area contributed by atoms with Gasteiger partial charge >= 0.3 is 5.97 Å². The molecule has 1 amide bonds. The number of amides is 1. The fourth-order valence-corrected chi connectivity index (χ4v) is 2.57. The SMILES string of the molecule is CCCCOc1cccc(C(=O)N2CCC(C(=O)O)CC2)c1. The quantitative estimate of drug-likeness (QED) is 0.821. The maximum atomic E-state index is 12.5. The number of benzene rings is 1. The van der Waals surface area contributed by atoms with Crippen molar-refractivity contribution in [3.8, 4) is 5.75 Å². The Morgan fingerprint density at radius 3 is 2.68 bits per heavy atom. The third-order valence-electron chi connectivity index (χ3n) is 3.98. The van der Waals surface area contributed by atoms with Crippen LogP contribution >= 0.6 is 0 Å². The topological polar surface area (TPSA) is 66.8 Å². The van der Waals surface area contributed by atoms with Crippen molar-refractivity contribution in [2.45, 2.75) is 32.6 Å². The average Bonchev–Trinajstić information content (AvgIpc) is 2.55. The average molecular weight is 305 g/mol. The minimum atomic E-state index is -0.765. The van der Waals surface area contributed by atoms with E-state index in [4.69, 9.17) is 9.84 Å². The van der Waals surface area contributed by atoms with E-state index < -0.39 is 5.97 Å². The van der Waals surface area contributed by atoms with E-state index in [9.17, 15) is 9.59 Å². The Kier molecular flexibility index (Phi) is 5.81. The Hall–Kier alpha value is -2.04. The van der Waals surface area contributed by atoms with Gasteiger partial charge in [0.15, 0.2) is 0 Å². The molecule has 1 aliphatic heterocycles. The van der Waals surface area contributed by atoms with Gasteiger partial charge in [-0.25, -0.2) is 0 Å². The number of carboxylic acid groups (broad SMARTS) is 1. The predicted molar refractivity (Wildman–Crippen MR) is 83.1 cm³/mol. The number of carbonyl (C=O) groups excluding carboxylic acids is 1. The highest BCUT2D eigenvalue weighted by atomic mass is 16.5. The lowest BCUT2D eigenvalue weighted by Crippen LogP contribution is -2.40. The molecule has 0 unspecified atom stereocenters. The third kappa shape index (κ3) is 4.23. The number of likely N-dealkylation sites (tertiary alicyclic amines) is 1. The molecule has 1 fully saturated rings. The summed E-state index contributed by atoms with van der Waals surface area (Å²) in [6.45, 7) is 3.75. The van der Waals surface area contributed by atoms with Gasteiger partial charge in [-0.2, -0.15) is 0 Å². The van der Waals surface area contributed by atoms with Crippen LogP contribution in [0.25, 0.3) is 0 Å². The molecular weight excluding hydrogens is 282 g/mol. The zero-order chi connectivity index (χ0) is 15.9. The van der Waals surface area contributed by atoms with E-state index in [0.29, 0.717) is 43.9 Å². The van der Waals surface area contributed by atoms with Crippen LogP contribution in [0.4, 0.5) is 0 Å². The zero-order valence-corrected chi connectivity index (χ0v) is 13.0. The molecule has 0 spiro atoms. The number of nitrogens with zero attached hydrogens (tertiary/aromatic N) is 1. The van der Waals surface area contributed by atoms with Crippen LogP contribution in [0, 0.1) is 5.92 Å². The first kappa shape index (κ1) is 16.3. The Morgan fingerprint density at radius 2 is 2.05 bits per heavy atom. The number of carboxylic acids is 1. The van der Waals surface area contributed by atoms with Gasteiger partial charge in [-0.3, -0.25) is 9.59 Å². The molecule has 0 aromatic heterocycles. The number of rotatable bonds is 6. The number of carbonyl (C=O) groups is 2. The van der Waals surface area contributed by atoms with E-state index >= 15 is 0 Å². The summed E-state index contributed by atoms with van der Waals surface area (Å²) in [6, 6.07) is 7.21. The van der Waals surface area contributed by atoms with Crippen LogP contribution < -0.4 is 4.74 Å². The molecule has 0 atom stereocenters. The number of ether oxygens (including phenoxy) is 1. The van der Waals surface area contributed by atoms with Crippen molar-refractivity contribution < 1.29 is 19.4 Å². The maximum absolute atomic E-state index is 12.5. The summed E-state index contributed by atoms with van der Waals surface area (Å²) in [6.07, 6.45) is 3.10. The molecule has 1 aromatic rings. The normalized spacial score (nSPS) is 15.6. The van der Waals surface area contributed by atoms with Crippen LogP contribution in [-0.2, 0) is 4.79 Å². The van der Waals surface area contributed by atoms with Gasteiger partial charge in [0.2, 0.25) is 0 Å². The molecule has 1 saturated heterocycles. The molecule has 0 saturated carbocycles. The smallest absolute Gasteiger partial charge is 0.306 e. The summed E-state index contributed by atoms with van der Waals surface area (Å²) in [4.78, 5) is 25.2. The van der Waals surface area contributed by atoms with E-state index in [-0.39, 0.29) is 11.8 Å². The van der Waals surface area contributed by atoms with Gasteiger partial charge in [-0.15, -0.1) is 0 Å². The summed E-state index contributed by atoms with van der Waals surface area (Å²) < 4.78 is 5.62. The lowest BCUT2D eigenvalue weighted by atomic mass is 9.96. The van der Waals surface area contributed by atoms with Crippen molar-refractivity contribution in [2.75, 3.05) is 19.7 Å². The number of unbranched alkanes of at least 4 members (excludes halogenated alkanes) is 1. The van der Waals surface area contributed by atoms with Gasteiger partial charge in [-0.1, -0.05) is 19.4 Å². The first-order valence-corrected chi connectivity index (χ1v) is 7.86. The van der Waals surface area contributed by atoms with Crippen molar-refractivity contribution in [1.29, 1.82) is 0 Å². The molecule has 2 rings (SSSR count). The molecular formula is C17H23NO4. The van der Waals surface area contributed by atoms with Crippen molar-refractivity contribution in [3.63, 3.8) is 0 Å². The highest BCUT2D eigenvalue weighted by Gasteiger charge is 2.27. The molecule has 0 aliphatic carbocycles. The zero-order valence-electron chi connectivity index (χ0n) is 13.0. The highest BCUT2D eigenvalue weighted by Crippen LogP contribution is 2.21. The highest BCUT2D eigenvalue weighted by molar-refractivity contribution is 5.94. The van der Waals surface area contributed by atoms with Crippen molar-refractivity contribution in [2.24, 2.45) is 5.92 Å². The number of hydrogen-bond donors (Lipinski definition) is 1. The standard InChI is InChI=1S/C17H23NO4/c1-2-3-11-22-15-6-4-5-14(12-15)16(19)18-9-7-13(8-10-18)17(20)21/h4-6,12-13H,2-3,7-11H2,1H3,(H,20,21). The van der Waals surface area contributed by atoms with Crippen LogP contribution in [0.1, 0.15) is 43.0 Å². The van der Waals surface area contributed by atoms with Gasteiger partial charge in [0.25, 0.3) is 5.91 Å². The van der Waals surface area contributed by atoms with Gasteiger partial charge in [0.1, 0.15) is 5.75 Å². The lowest BCUT2D eigenvalue weighted by molar-refractivity contribution is -0.143. The Labute approximate surface area is 130 Å². The van der Waals surface area contributed by atoms with E-state index in [1.54, 1.807) is 17.0 Å². The van der Waals surface area contributed by atoms with Crippen LogP contribution in [0.5, 0.6) is 5.75 Å². The second-order valence-corrected chi connectivity index (χ2v) is 5.63. The van der Waals surface area contributed by atoms with Crippen LogP contribution in [0.15, 0.2) is 24.3 Å². The Bertz CT molecular complexity index is 521. The molecule has 1 heterocycles. The molecule has 5 nitrogen and oxygen atoms in total. The Morgan fingerprint density at radius 1 is 1.32 bits per heavy atom. The second-order valence-electron chi connectivity index (χ2n) is 5.63. The third-order valence-corrected chi connectivity index (χ3v) is 3.98. The van der Waals surface area contributed by atoms with Gasteiger partial charge in [0.05, 0.1) is 12.5 Å². The summed E-state index contributed by atoms with van der Waals surface area (Å²) in [5.74, 6) is -0.435. The minimum Gasteiger partial charge on any atom is -0.494 e. The molecule has 1 aliphatic rings. The molecule has 1 N–H and O–H groups in total. The fraction of sp³-hybridized carbons (Fsp3) is 0.529.